The normalized spacial score (nSPS) is 19.6. The summed E-state index contributed by atoms with van der Waals surface area (Å²) in [6.07, 6.45) is 2.08. The number of amides is 1. The quantitative estimate of drug-likeness (QED) is 0.862. The van der Waals surface area contributed by atoms with Gasteiger partial charge < -0.3 is 10.6 Å². The lowest BCUT2D eigenvalue weighted by molar-refractivity contribution is 0.0936. The highest BCUT2D eigenvalue weighted by Gasteiger charge is 2.19. The van der Waals surface area contributed by atoms with Gasteiger partial charge in [0.05, 0.1) is 0 Å². The molecule has 1 fully saturated rings. The molecule has 18 heavy (non-hydrogen) atoms. The predicted octanol–water partition coefficient (Wildman–Crippen LogP) is 1.69. The molecule has 1 saturated heterocycles. The van der Waals surface area contributed by atoms with Crippen molar-refractivity contribution in [1.82, 2.24) is 10.6 Å². The number of hydrogen-bond acceptors (Lipinski definition) is 2. The van der Waals surface area contributed by atoms with Gasteiger partial charge in [0.25, 0.3) is 5.91 Å². The molecule has 0 saturated carbocycles. The number of carbonyl (C=O) groups excluding carboxylic acids is 1. The lowest BCUT2D eigenvalue weighted by Crippen LogP contribution is -2.38. The molecule has 1 aliphatic rings. The van der Waals surface area contributed by atoms with Gasteiger partial charge in [-0.1, -0.05) is 6.07 Å². The Morgan fingerprint density at radius 1 is 1.39 bits per heavy atom. The van der Waals surface area contributed by atoms with E-state index in [9.17, 15) is 13.6 Å². The van der Waals surface area contributed by atoms with Gasteiger partial charge in [0.1, 0.15) is 17.2 Å². The van der Waals surface area contributed by atoms with Gasteiger partial charge in [0, 0.05) is 6.54 Å². The van der Waals surface area contributed by atoms with Crippen LogP contribution in [0.2, 0.25) is 0 Å². The van der Waals surface area contributed by atoms with E-state index in [0.717, 1.165) is 38.1 Å². The van der Waals surface area contributed by atoms with Crippen LogP contribution in [-0.2, 0) is 0 Å². The number of hydrogen-bond donors (Lipinski definition) is 2. The van der Waals surface area contributed by atoms with Crippen molar-refractivity contribution in [1.29, 1.82) is 0 Å². The van der Waals surface area contributed by atoms with Gasteiger partial charge in [-0.2, -0.15) is 0 Å². The first-order chi connectivity index (χ1) is 8.68. The smallest absolute Gasteiger partial charge is 0.257 e. The number of nitrogens with one attached hydrogen (secondary N) is 2. The zero-order valence-corrected chi connectivity index (χ0v) is 10.0. The minimum absolute atomic E-state index is 0.331. The van der Waals surface area contributed by atoms with Crippen LogP contribution in [0.5, 0.6) is 0 Å². The Kier molecular flexibility index (Phi) is 4.25. The second-order valence-electron chi connectivity index (χ2n) is 4.52. The van der Waals surface area contributed by atoms with Crippen LogP contribution >= 0.6 is 0 Å². The summed E-state index contributed by atoms with van der Waals surface area (Å²) in [7, 11) is 0. The van der Waals surface area contributed by atoms with Gasteiger partial charge >= 0.3 is 0 Å². The average Bonchev–Trinajstić information content (AvgIpc) is 2.37. The van der Waals surface area contributed by atoms with Crippen LogP contribution in [0.3, 0.4) is 0 Å². The molecule has 1 amide bonds. The van der Waals surface area contributed by atoms with Crippen LogP contribution in [0, 0.1) is 17.6 Å². The van der Waals surface area contributed by atoms with E-state index in [1.54, 1.807) is 0 Å². The maximum Gasteiger partial charge on any atom is 0.257 e. The maximum atomic E-state index is 13.4. The molecule has 0 bridgehead atoms. The molecule has 0 spiro atoms. The van der Waals surface area contributed by atoms with E-state index >= 15 is 0 Å². The molecule has 2 N–H and O–H groups in total. The third-order valence-corrected chi connectivity index (χ3v) is 3.14. The minimum atomic E-state index is -0.825. The molecule has 2 rings (SSSR count). The van der Waals surface area contributed by atoms with Crippen LogP contribution in [-0.4, -0.2) is 25.5 Å². The van der Waals surface area contributed by atoms with E-state index in [1.165, 1.54) is 6.07 Å². The topological polar surface area (TPSA) is 41.1 Å². The Morgan fingerprint density at radius 2 is 2.11 bits per heavy atom. The molecule has 1 heterocycles. The first-order valence-electron chi connectivity index (χ1n) is 6.11. The Labute approximate surface area is 105 Å². The highest BCUT2D eigenvalue weighted by molar-refractivity contribution is 5.94. The summed E-state index contributed by atoms with van der Waals surface area (Å²) < 4.78 is 26.7. The van der Waals surface area contributed by atoms with E-state index in [1.807, 2.05) is 0 Å². The van der Waals surface area contributed by atoms with Crippen LogP contribution in [0.4, 0.5) is 8.78 Å². The van der Waals surface area contributed by atoms with Crippen molar-refractivity contribution in [2.24, 2.45) is 5.92 Å². The molecule has 0 aromatic heterocycles. The lowest BCUT2D eigenvalue weighted by atomic mass is 9.99. The summed E-state index contributed by atoms with van der Waals surface area (Å²) >= 11 is 0. The highest BCUT2D eigenvalue weighted by Crippen LogP contribution is 2.13. The van der Waals surface area contributed by atoms with E-state index in [2.05, 4.69) is 10.6 Å². The SMILES string of the molecule is O=C(NCC1CCCNC1)c1c(F)cccc1F. The predicted molar refractivity (Wildman–Crippen MR) is 64.3 cm³/mol. The van der Waals surface area contributed by atoms with Crippen molar-refractivity contribution in [3.63, 3.8) is 0 Å². The molecular formula is C13H16F2N2O. The maximum absolute atomic E-state index is 13.4. The summed E-state index contributed by atoms with van der Waals surface area (Å²) in [5.74, 6) is -2.00. The molecule has 1 aromatic carbocycles. The van der Waals surface area contributed by atoms with E-state index in [4.69, 9.17) is 0 Å². The standard InChI is InChI=1S/C13H16F2N2O/c14-10-4-1-5-11(15)12(10)13(18)17-8-9-3-2-6-16-7-9/h1,4-5,9,16H,2-3,6-8H2,(H,17,18). The Hall–Kier alpha value is -1.49. The Bertz CT molecular complexity index is 411. The molecule has 0 aliphatic carbocycles. The summed E-state index contributed by atoms with van der Waals surface area (Å²) in [6.45, 7) is 2.27. The van der Waals surface area contributed by atoms with Gasteiger partial charge in [0.15, 0.2) is 0 Å². The van der Waals surface area contributed by atoms with Gasteiger partial charge in [-0.05, 0) is 44.0 Å². The third-order valence-electron chi connectivity index (χ3n) is 3.14. The van der Waals surface area contributed by atoms with Crippen LogP contribution in [0.1, 0.15) is 23.2 Å². The molecule has 1 aliphatic heterocycles. The van der Waals surface area contributed by atoms with Crippen molar-refractivity contribution in [2.75, 3.05) is 19.6 Å². The van der Waals surface area contributed by atoms with E-state index < -0.39 is 23.1 Å². The number of rotatable bonds is 3. The Balaban J connectivity index is 1.95. The zero-order valence-electron chi connectivity index (χ0n) is 10.0. The Morgan fingerprint density at radius 3 is 2.72 bits per heavy atom. The van der Waals surface area contributed by atoms with Crippen molar-refractivity contribution >= 4 is 5.91 Å². The molecule has 3 nitrogen and oxygen atoms in total. The highest BCUT2D eigenvalue weighted by atomic mass is 19.1. The number of halogens is 2. The summed E-state index contributed by atoms with van der Waals surface area (Å²) in [4.78, 5) is 11.7. The van der Waals surface area contributed by atoms with Crippen LogP contribution in [0.15, 0.2) is 18.2 Å². The molecule has 5 heteroatoms. The summed E-state index contributed by atoms with van der Waals surface area (Å²) in [6, 6.07) is 3.41. The van der Waals surface area contributed by atoms with Crippen molar-refractivity contribution in [3.05, 3.63) is 35.4 Å². The van der Waals surface area contributed by atoms with Crippen molar-refractivity contribution < 1.29 is 13.6 Å². The fraction of sp³-hybridized carbons (Fsp3) is 0.462. The van der Waals surface area contributed by atoms with Gasteiger partial charge in [-0.3, -0.25) is 4.79 Å². The largest absolute Gasteiger partial charge is 0.352 e. The van der Waals surface area contributed by atoms with Gasteiger partial charge in [0.2, 0.25) is 0 Å². The van der Waals surface area contributed by atoms with Gasteiger partial charge in [-0.15, -0.1) is 0 Å². The fourth-order valence-electron chi connectivity index (χ4n) is 2.14. The molecule has 1 unspecified atom stereocenters. The fourth-order valence-corrected chi connectivity index (χ4v) is 2.14. The van der Waals surface area contributed by atoms with Gasteiger partial charge in [-0.25, -0.2) is 8.78 Å². The van der Waals surface area contributed by atoms with Crippen molar-refractivity contribution in [2.45, 2.75) is 12.8 Å². The number of carbonyl (C=O) groups is 1. The average molecular weight is 254 g/mol. The summed E-state index contributed by atoms with van der Waals surface area (Å²) in [5.41, 5.74) is -0.499. The third kappa shape index (κ3) is 3.04. The molecule has 1 atom stereocenters. The van der Waals surface area contributed by atoms with Crippen LogP contribution < -0.4 is 10.6 Å². The number of piperidine rings is 1. The molecular weight excluding hydrogens is 238 g/mol. The minimum Gasteiger partial charge on any atom is -0.352 e. The second kappa shape index (κ2) is 5.91. The lowest BCUT2D eigenvalue weighted by Gasteiger charge is -2.22. The van der Waals surface area contributed by atoms with E-state index in [0.29, 0.717) is 12.5 Å². The summed E-state index contributed by atoms with van der Waals surface area (Å²) in [5, 5.41) is 5.81. The zero-order chi connectivity index (χ0) is 13.0. The molecule has 1 aromatic rings. The van der Waals surface area contributed by atoms with Crippen molar-refractivity contribution in [3.8, 4) is 0 Å². The molecule has 98 valence electrons. The molecule has 0 radical (unpaired) electrons. The number of benzene rings is 1. The van der Waals surface area contributed by atoms with Crippen LogP contribution in [0.25, 0.3) is 0 Å². The van der Waals surface area contributed by atoms with E-state index in [-0.39, 0.29) is 0 Å². The monoisotopic (exact) mass is 254 g/mol. The first kappa shape index (κ1) is 13.0. The first-order valence-corrected chi connectivity index (χ1v) is 6.11. The second-order valence-corrected chi connectivity index (χ2v) is 4.52.